The molecular weight excluding hydrogens is 338 g/mol. The lowest BCUT2D eigenvalue weighted by Gasteiger charge is -2.39. The van der Waals surface area contributed by atoms with Crippen LogP contribution in [0, 0.1) is 0 Å². The van der Waals surface area contributed by atoms with Gasteiger partial charge < -0.3 is 4.74 Å². The third-order valence-corrected chi connectivity index (χ3v) is 6.19. The molecule has 1 aromatic rings. The molecule has 2 heterocycles. The molecule has 0 saturated carbocycles. The number of piperazine rings is 1. The van der Waals surface area contributed by atoms with Crippen molar-refractivity contribution in [2.75, 3.05) is 39.0 Å². The molecule has 0 spiro atoms. The second kappa shape index (κ2) is 8.14. The molecule has 25 heavy (non-hydrogen) atoms. The Kier molecular flexibility index (Phi) is 6.12. The molecule has 3 atom stereocenters. The predicted molar refractivity (Wildman–Crippen MR) is 98.3 cm³/mol. The van der Waals surface area contributed by atoms with Gasteiger partial charge in [0.2, 0.25) is 0 Å². The van der Waals surface area contributed by atoms with E-state index in [1.54, 1.807) is 12.1 Å². The lowest BCUT2D eigenvalue weighted by atomic mass is 10.0. The predicted octanol–water partition coefficient (Wildman–Crippen LogP) is 1.15. The molecule has 0 bridgehead atoms. The molecule has 2 saturated heterocycles. The van der Waals surface area contributed by atoms with Crippen molar-refractivity contribution in [3.63, 3.8) is 0 Å². The summed E-state index contributed by atoms with van der Waals surface area (Å²) in [4.78, 5) is 2.78. The van der Waals surface area contributed by atoms with Crippen LogP contribution in [-0.4, -0.2) is 64.6 Å². The maximum Gasteiger partial charge on any atom is 0.175 e. The van der Waals surface area contributed by atoms with Crippen molar-refractivity contribution in [1.29, 1.82) is 0 Å². The molecule has 140 valence electrons. The molecule has 0 amide bonds. The first kappa shape index (κ1) is 18.8. The number of hydrogen-bond donors (Lipinski definition) is 2. The molecule has 0 aromatic heterocycles. The van der Waals surface area contributed by atoms with Crippen molar-refractivity contribution in [2.24, 2.45) is 0 Å². The van der Waals surface area contributed by atoms with Crippen LogP contribution in [0.5, 0.6) is 0 Å². The van der Waals surface area contributed by atoms with E-state index < -0.39 is 9.84 Å². The van der Waals surface area contributed by atoms with Gasteiger partial charge in [-0.1, -0.05) is 19.1 Å². The Morgan fingerprint density at radius 2 is 2.04 bits per heavy atom. The number of rotatable bonds is 6. The Labute approximate surface area is 150 Å². The van der Waals surface area contributed by atoms with E-state index in [9.17, 15) is 8.42 Å². The second-order valence-corrected chi connectivity index (χ2v) is 9.02. The Morgan fingerprint density at radius 3 is 2.64 bits per heavy atom. The van der Waals surface area contributed by atoms with Crippen molar-refractivity contribution in [3.8, 4) is 0 Å². The average molecular weight is 368 g/mol. The van der Waals surface area contributed by atoms with Gasteiger partial charge in [-0.3, -0.25) is 15.5 Å². The van der Waals surface area contributed by atoms with Crippen LogP contribution in [0.25, 0.3) is 0 Å². The van der Waals surface area contributed by atoms with Gasteiger partial charge >= 0.3 is 0 Å². The summed E-state index contributed by atoms with van der Waals surface area (Å²) in [6.07, 6.45) is 4.06. The van der Waals surface area contributed by atoms with Gasteiger partial charge in [0.15, 0.2) is 9.84 Å². The minimum absolute atomic E-state index is 0.185. The lowest BCUT2D eigenvalue weighted by Crippen LogP contribution is -2.59. The van der Waals surface area contributed by atoms with E-state index in [1.165, 1.54) is 6.26 Å². The summed E-state index contributed by atoms with van der Waals surface area (Å²) < 4.78 is 29.0. The van der Waals surface area contributed by atoms with Crippen LogP contribution >= 0.6 is 0 Å². The van der Waals surface area contributed by atoms with Crippen LogP contribution in [0.2, 0.25) is 0 Å². The van der Waals surface area contributed by atoms with E-state index in [0.29, 0.717) is 11.0 Å². The highest BCUT2D eigenvalue weighted by Crippen LogP contribution is 2.21. The quantitative estimate of drug-likeness (QED) is 0.786. The maximum atomic E-state index is 11.6. The molecule has 3 rings (SSSR count). The summed E-state index contributed by atoms with van der Waals surface area (Å²) in [5.41, 5.74) is 1.12. The van der Waals surface area contributed by atoms with Crippen molar-refractivity contribution < 1.29 is 13.2 Å². The summed E-state index contributed by atoms with van der Waals surface area (Å²) in [5.74, 6) is 0. The molecule has 0 radical (unpaired) electrons. The van der Waals surface area contributed by atoms with E-state index in [1.807, 2.05) is 12.1 Å². The second-order valence-electron chi connectivity index (χ2n) is 7.01. The summed E-state index contributed by atoms with van der Waals surface area (Å²) in [6.45, 7) is 6.80. The first-order valence-electron chi connectivity index (χ1n) is 9.09. The van der Waals surface area contributed by atoms with E-state index in [4.69, 9.17) is 4.74 Å². The van der Waals surface area contributed by atoms with Crippen LogP contribution < -0.4 is 10.6 Å². The molecule has 2 aliphatic heterocycles. The van der Waals surface area contributed by atoms with Crippen molar-refractivity contribution in [3.05, 3.63) is 29.8 Å². The van der Waals surface area contributed by atoms with Gasteiger partial charge in [-0.15, -0.1) is 0 Å². The number of ether oxygens (including phenoxy) is 1. The van der Waals surface area contributed by atoms with Gasteiger partial charge in [0.05, 0.1) is 17.2 Å². The molecule has 2 aliphatic rings. The van der Waals surface area contributed by atoms with Gasteiger partial charge in [0.25, 0.3) is 0 Å². The summed E-state index contributed by atoms with van der Waals surface area (Å²) in [5, 5.41) is 7.25. The van der Waals surface area contributed by atoms with Crippen molar-refractivity contribution in [1.82, 2.24) is 15.5 Å². The van der Waals surface area contributed by atoms with Crippen LogP contribution in [0.1, 0.15) is 31.4 Å². The van der Waals surface area contributed by atoms with Crippen LogP contribution in [0.4, 0.5) is 0 Å². The SMILES string of the molecule is CCN1CC(NCC2CCCO2)NC(c2ccc(S(C)(=O)=O)cc2)C1. The summed E-state index contributed by atoms with van der Waals surface area (Å²) in [7, 11) is -3.15. The van der Waals surface area contributed by atoms with Crippen LogP contribution in [0.15, 0.2) is 29.2 Å². The topological polar surface area (TPSA) is 70.7 Å². The fraction of sp³-hybridized carbons (Fsp3) is 0.667. The summed E-state index contributed by atoms with van der Waals surface area (Å²) >= 11 is 0. The van der Waals surface area contributed by atoms with Crippen molar-refractivity contribution >= 4 is 9.84 Å². The molecule has 1 aromatic carbocycles. The van der Waals surface area contributed by atoms with Gasteiger partial charge in [0, 0.05) is 38.5 Å². The van der Waals surface area contributed by atoms with Gasteiger partial charge in [-0.25, -0.2) is 8.42 Å². The molecule has 3 unspecified atom stereocenters. The normalized spacial score (nSPS) is 28.3. The largest absolute Gasteiger partial charge is 0.377 e. The van der Waals surface area contributed by atoms with E-state index in [0.717, 1.165) is 51.2 Å². The van der Waals surface area contributed by atoms with Crippen LogP contribution in [-0.2, 0) is 14.6 Å². The standard InChI is InChI=1S/C18H29N3O3S/c1-3-21-12-17(14-6-8-16(9-7-14)25(2,22)23)20-18(13-21)19-11-15-5-4-10-24-15/h6-9,15,17-20H,3-5,10-13H2,1-2H3. The Balaban J connectivity index is 1.65. The third-order valence-electron chi connectivity index (χ3n) is 5.06. The number of likely N-dealkylation sites (N-methyl/N-ethyl adjacent to an activating group) is 1. The highest BCUT2D eigenvalue weighted by Gasteiger charge is 2.27. The fourth-order valence-electron chi connectivity index (χ4n) is 3.55. The smallest absolute Gasteiger partial charge is 0.175 e. The lowest BCUT2D eigenvalue weighted by molar-refractivity contribution is 0.0932. The van der Waals surface area contributed by atoms with E-state index >= 15 is 0 Å². The van der Waals surface area contributed by atoms with Gasteiger partial charge in [-0.2, -0.15) is 0 Å². The van der Waals surface area contributed by atoms with Crippen molar-refractivity contribution in [2.45, 2.75) is 43.0 Å². The Bertz CT molecular complexity index is 657. The highest BCUT2D eigenvalue weighted by atomic mass is 32.2. The van der Waals surface area contributed by atoms with Gasteiger partial charge in [-0.05, 0) is 37.1 Å². The monoisotopic (exact) mass is 367 g/mol. The molecule has 2 N–H and O–H groups in total. The van der Waals surface area contributed by atoms with Crippen LogP contribution in [0.3, 0.4) is 0 Å². The van der Waals surface area contributed by atoms with E-state index in [2.05, 4.69) is 22.5 Å². The third kappa shape index (κ3) is 5.01. The number of nitrogens with one attached hydrogen (secondary N) is 2. The Morgan fingerprint density at radius 1 is 1.28 bits per heavy atom. The number of benzene rings is 1. The molecule has 2 fully saturated rings. The minimum Gasteiger partial charge on any atom is -0.377 e. The molecule has 0 aliphatic carbocycles. The Hall–Kier alpha value is -0.990. The zero-order valence-corrected chi connectivity index (χ0v) is 15.9. The molecular formula is C18H29N3O3S. The molecule has 7 heteroatoms. The summed E-state index contributed by atoms with van der Waals surface area (Å²) in [6, 6.07) is 7.43. The minimum atomic E-state index is -3.15. The molecule has 6 nitrogen and oxygen atoms in total. The number of sulfone groups is 1. The number of hydrogen-bond acceptors (Lipinski definition) is 6. The first-order valence-corrected chi connectivity index (χ1v) is 11.0. The zero-order chi connectivity index (χ0) is 17.9. The highest BCUT2D eigenvalue weighted by molar-refractivity contribution is 7.90. The van der Waals surface area contributed by atoms with Gasteiger partial charge in [0.1, 0.15) is 0 Å². The maximum absolute atomic E-state index is 11.6. The fourth-order valence-corrected chi connectivity index (χ4v) is 4.18. The first-order chi connectivity index (χ1) is 12.0. The number of nitrogens with zero attached hydrogens (tertiary/aromatic N) is 1. The average Bonchev–Trinajstić information content (AvgIpc) is 3.12. The zero-order valence-electron chi connectivity index (χ0n) is 15.1. The van der Waals surface area contributed by atoms with E-state index in [-0.39, 0.29) is 12.2 Å².